The summed E-state index contributed by atoms with van der Waals surface area (Å²) in [6.07, 6.45) is -3.14. The molecule has 0 aromatic heterocycles. The summed E-state index contributed by atoms with van der Waals surface area (Å²) >= 11 is 0. The Balaban J connectivity index is 1.82. The van der Waals surface area contributed by atoms with E-state index in [0.717, 1.165) is 18.9 Å². The molecule has 1 N–H and O–H groups in total. The lowest BCUT2D eigenvalue weighted by atomic mass is 10.1. The number of benzene rings is 1. The number of nitrogens with one attached hydrogen (secondary N) is 1. The number of carbonyl (C=O) groups is 1. The summed E-state index contributed by atoms with van der Waals surface area (Å²) < 4.78 is 55.6. The molecule has 6 nitrogen and oxygen atoms in total. The summed E-state index contributed by atoms with van der Waals surface area (Å²) in [5, 5.41) is 3.61. The standard InChI is InChI=1S/C15H15F3N2O4/c16-15(17,18)11-6-9(14-20-19-13(21)8-24-14)3-4-12(11)23-7-10-2-1-5-22-10/h3-4,6,10H,1-2,5,7-8H2,(H,19,21)/t10-/m0/s1. The first-order valence-electron chi connectivity index (χ1n) is 7.39. The minimum absolute atomic E-state index is 0.0654. The van der Waals surface area contributed by atoms with E-state index < -0.39 is 17.6 Å². The Bertz CT molecular complexity index is 655. The van der Waals surface area contributed by atoms with Gasteiger partial charge in [-0.05, 0) is 31.0 Å². The van der Waals surface area contributed by atoms with Crippen LogP contribution in [0.2, 0.25) is 0 Å². The zero-order valence-electron chi connectivity index (χ0n) is 12.6. The zero-order valence-corrected chi connectivity index (χ0v) is 12.6. The van der Waals surface area contributed by atoms with Crippen LogP contribution in [0.15, 0.2) is 23.3 Å². The Morgan fingerprint density at radius 3 is 2.83 bits per heavy atom. The number of rotatable bonds is 4. The summed E-state index contributed by atoms with van der Waals surface area (Å²) in [6, 6.07) is 3.51. The number of hydrazone groups is 1. The van der Waals surface area contributed by atoms with Crippen LogP contribution in [-0.4, -0.2) is 37.7 Å². The topological polar surface area (TPSA) is 69.2 Å². The lowest BCUT2D eigenvalue weighted by molar-refractivity contribution is -0.139. The lowest BCUT2D eigenvalue weighted by Crippen LogP contribution is -2.32. The van der Waals surface area contributed by atoms with Crippen LogP contribution < -0.4 is 10.2 Å². The van der Waals surface area contributed by atoms with E-state index in [0.29, 0.717) is 6.61 Å². The number of ether oxygens (including phenoxy) is 3. The average Bonchev–Trinajstić information content (AvgIpc) is 3.06. The number of carbonyl (C=O) groups excluding carboxylic acids is 1. The van der Waals surface area contributed by atoms with E-state index in [-0.39, 0.29) is 36.5 Å². The second-order valence-electron chi connectivity index (χ2n) is 5.40. The second kappa shape index (κ2) is 6.68. The summed E-state index contributed by atoms with van der Waals surface area (Å²) in [7, 11) is 0. The Kier molecular flexibility index (Phi) is 4.61. The van der Waals surface area contributed by atoms with Gasteiger partial charge in [0.05, 0.1) is 11.7 Å². The highest BCUT2D eigenvalue weighted by atomic mass is 19.4. The van der Waals surface area contributed by atoms with Crippen LogP contribution in [0, 0.1) is 0 Å². The molecule has 130 valence electrons. The van der Waals surface area contributed by atoms with Gasteiger partial charge in [0, 0.05) is 12.2 Å². The molecule has 2 aliphatic heterocycles. The summed E-state index contributed by atoms with van der Waals surface area (Å²) in [4.78, 5) is 11.0. The van der Waals surface area contributed by atoms with Crippen molar-refractivity contribution in [3.63, 3.8) is 0 Å². The third-order valence-electron chi connectivity index (χ3n) is 3.60. The van der Waals surface area contributed by atoms with Gasteiger partial charge in [0.25, 0.3) is 5.91 Å². The Morgan fingerprint density at radius 1 is 1.38 bits per heavy atom. The number of alkyl halides is 3. The van der Waals surface area contributed by atoms with Crippen molar-refractivity contribution in [2.24, 2.45) is 5.10 Å². The molecule has 24 heavy (non-hydrogen) atoms. The van der Waals surface area contributed by atoms with Gasteiger partial charge in [-0.15, -0.1) is 5.10 Å². The minimum Gasteiger partial charge on any atom is -0.490 e. The zero-order chi connectivity index (χ0) is 17.2. The van der Waals surface area contributed by atoms with Crippen LogP contribution in [0.5, 0.6) is 5.75 Å². The predicted octanol–water partition coefficient (Wildman–Crippen LogP) is 2.07. The molecule has 3 rings (SSSR count). The number of amides is 1. The van der Waals surface area contributed by atoms with Crippen LogP contribution in [0.25, 0.3) is 0 Å². The molecule has 1 fully saturated rings. The third kappa shape index (κ3) is 3.78. The van der Waals surface area contributed by atoms with Gasteiger partial charge >= 0.3 is 6.18 Å². The van der Waals surface area contributed by atoms with E-state index in [1.807, 2.05) is 0 Å². The van der Waals surface area contributed by atoms with Gasteiger partial charge in [-0.3, -0.25) is 4.79 Å². The van der Waals surface area contributed by atoms with Crippen molar-refractivity contribution in [3.8, 4) is 5.75 Å². The van der Waals surface area contributed by atoms with Crippen molar-refractivity contribution in [2.75, 3.05) is 19.8 Å². The fraction of sp³-hybridized carbons (Fsp3) is 0.467. The number of nitrogens with zero attached hydrogens (tertiary/aromatic N) is 1. The Morgan fingerprint density at radius 2 is 2.21 bits per heavy atom. The van der Waals surface area contributed by atoms with E-state index in [9.17, 15) is 18.0 Å². The van der Waals surface area contributed by atoms with Crippen molar-refractivity contribution in [3.05, 3.63) is 29.3 Å². The molecule has 9 heteroatoms. The number of hydrogen-bond acceptors (Lipinski definition) is 5. The molecule has 1 aromatic carbocycles. The molecule has 1 saturated heterocycles. The molecule has 0 radical (unpaired) electrons. The molecule has 0 bridgehead atoms. The van der Waals surface area contributed by atoms with Gasteiger partial charge in [0.2, 0.25) is 5.90 Å². The van der Waals surface area contributed by atoms with Gasteiger partial charge in [-0.2, -0.15) is 13.2 Å². The minimum atomic E-state index is -4.60. The van der Waals surface area contributed by atoms with E-state index in [1.165, 1.54) is 12.1 Å². The predicted molar refractivity (Wildman–Crippen MR) is 76.5 cm³/mol. The van der Waals surface area contributed by atoms with Crippen LogP contribution in [0.1, 0.15) is 24.0 Å². The van der Waals surface area contributed by atoms with Gasteiger partial charge < -0.3 is 14.2 Å². The smallest absolute Gasteiger partial charge is 0.419 e. The monoisotopic (exact) mass is 344 g/mol. The first kappa shape index (κ1) is 16.6. The van der Waals surface area contributed by atoms with E-state index in [2.05, 4.69) is 10.5 Å². The number of hydrogen-bond donors (Lipinski definition) is 1. The van der Waals surface area contributed by atoms with Crippen molar-refractivity contribution in [1.82, 2.24) is 5.43 Å². The highest BCUT2D eigenvalue weighted by Gasteiger charge is 2.35. The van der Waals surface area contributed by atoms with Gasteiger partial charge in [-0.1, -0.05) is 0 Å². The Hall–Kier alpha value is -2.29. The van der Waals surface area contributed by atoms with Crippen molar-refractivity contribution < 1.29 is 32.2 Å². The highest BCUT2D eigenvalue weighted by Crippen LogP contribution is 2.37. The van der Waals surface area contributed by atoms with E-state index in [1.54, 1.807) is 0 Å². The third-order valence-corrected chi connectivity index (χ3v) is 3.60. The van der Waals surface area contributed by atoms with E-state index >= 15 is 0 Å². The van der Waals surface area contributed by atoms with Gasteiger partial charge in [0.1, 0.15) is 12.4 Å². The maximum Gasteiger partial charge on any atom is 0.419 e. The molecule has 0 aliphatic carbocycles. The highest BCUT2D eigenvalue weighted by molar-refractivity contribution is 5.98. The van der Waals surface area contributed by atoms with Crippen LogP contribution >= 0.6 is 0 Å². The summed E-state index contributed by atoms with van der Waals surface area (Å²) in [6.45, 7) is 0.370. The van der Waals surface area contributed by atoms with E-state index in [4.69, 9.17) is 14.2 Å². The molecule has 2 heterocycles. The summed E-state index contributed by atoms with van der Waals surface area (Å²) in [5.74, 6) is -0.820. The van der Waals surface area contributed by atoms with Crippen molar-refractivity contribution in [2.45, 2.75) is 25.1 Å². The maximum absolute atomic E-state index is 13.3. The lowest BCUT2D eigenvalue weighted by Gasteiger charge is -2.18. The quantitative estimate of drug-likeness (QED) is 0.908. The average molecular weight is 344 g/mol. The van der Waals surface area contributed by atoms with Gasteiger partial charge in [0.15, 0.2) is 6.61 Å². The molecular formula is C15H15F3N2O4. The van der Waals surface area contributed by atoms with Crippen molar-refractivity contribution in [1.29, 1.82) is 0 Å². The maximum atomic E-state index is 13.3. The Labute approximate surface area is 135 Å². The first-order chi connectivity index (χ1) is 11.4. The molecule has 0 unspecified atom stereocenters. The van der Waals surface area contributed by atoms with Gasteiger partial charge in [-0.25, -0.2) is 5.43 Å². The number of halogens is 3. The SMILES string of the molecule is O=C1COC(c2ccc(OC[C@@H]3CCCO3)c(C(F)(F)F)c2)=NN1. The normalized spacial score (nSPS) is 21.0. The largest absolute Gasteiger partial charge is 0.490 e. The fourth-order valence-electron chi connectivity index (χ4n) is 2.43. The summed E-state index contributed by atoms with van der Waals surface area (Å²) in [5.41, 5.74) is 1.33. The molecule has 0 spiro atoms. The van der Waals surface area contributed by atoms with Crippen LogP contribution in [-0.2, 0) is 20.4 Å². The molecule has 1 amide bonds. The van der Waals surface area contributed by atoms with Crippen molar-refractivity contribution >= 4 is 11.8 Å². The fourth-order valence-corrected chi connectivity index (χ4v) is 2.43. The second-order valence-corrected chi connectivity index (χ2v) is 5.40. The molecule has 1 atom stereocenters. The van der Waals surface area contributed by atoms with Crippen LogP contribution in [0.4, 0.5) is 13.2 Å². The molecule has 2 aliphatic rings. The molecular weight excluding hydrogens is 329 g/mol. The molecule has 1 aromatic rings. The first-order valence-corrected chi connectivity index (χ1v) is 7.39. The van der Waals surface area contributed by atoms with Crippen LogP contribution in [0.3, 0.4) is 0 Å². The molecule has 0 saturated carbocycles.